The molecule has 1 atom stereocenters. The van der Waals surface area contributed by atoms with Gasteiger partial charge in [0.25, 0.3) is 0 Å². The third-order valence-corrected chi connectivity index (χ3v) is 3.40. The zero-order chi connectivity index (χ0) is 14.0. The van der Waals surface area contributed by atoms with Gasteiger partial charge in [0.1, 0.15) is 5.76 Å². The van der Waals surface area contributed by atoms with Crippen molar-refractivity contribution in [2.75, 3.05) is 4.90 Å². The normalized spacial score (nSPS) is 12.2. The first kappa shape index (κ1) is 13.4. The molecule has 0 aliphatic rings. The van der Waals surface area contributed by atoms with Crippen molar-refractivity contribution in [1.29, 1.82) is 0 Å². The Morgan fingerprint density at radius 1 is 1.21 bits per heavy atom. The standard InChI is InChI=1S/C16H19NO2/c1-11-10-19-13(3)16(11)12(2)17(14(4)18)15-8-6-5-7-9-15/h5-10,12H,1-4H3. The van der Waals surface area contributed by atoms with Crippen molar-refractivity contribution in [3.8, 4) is 0 Å². The maximum absolute atomic E-state index is 12.0. The van der Waals surface area contributed by atoms with E-state index < -0.39 is 0 Å². The fraction of sp³-hybridized carbons (Fsp3) is 0.312. The van der Waals surface area contributed by atoms with Gasteiger partial charge in [0.05, 0.1) is 12.3 Å². The molecule has 2 rings (SSSR count). The lowest BCUT2D eigenvalue weighted by Gasteiger charge is -2.28. The van der Waals surface area contributed by atoms with Crippen molar-refractivity contribution in [2.24, 2.45) is 0 Å². The topological polar surface area (TPSA) is 33.5 Å². The SMILES string of the molecule is CC(=O)N(c1ccccc1)C(C)c1c(C)coc1C. The van der Waals surface area contributed by atoms with E-state index in [4.69, 9.17) is 4.42 Å². The van der Waals surface area contributed by atoms with Crippen LogP contribution in [0.3, 0.4) is 0 Å². The van der Waals surface area contributed by atoms with Crippen LogP contribution >= 0.6 is 0 Å². The van der Waals surface area contributed by atoms with Crippen molar-refractivity contribution in [3.63, 3.8) is 0 Å². The van der Waals surface area contributed by atoms with E-state index in [-0.39, 0.29) is 11.9 Å². The summed E-state index contributed by atoms with van der Waals surface area (Å²) in [6.45, 7) is 7.56. The van der Waals surface area contributed by atoms with Gasteiger partial charge >= 0.3 is 0 Å². The zero-order valence-corrected chi connectivity index (χ0v) is 11.8. The van der Waals surface area contributed by atoms with Crippen LogP contribution in [0, 0.1) is 13.8 Å². The first-order valence-electron chi connectivity index (χ1n) is 6.41. The fourth-order valence-corrected chi connectivity index (χ4v) is 2.60. The Morgan fingerprint density at radius 3 is 2.32 bits per heavy atom. The Morgan fingerprint density at radius 2 is 1.84 bits per heavy atom. The highest BCUT2D eigenvalue weighted by atomic mass is 16.3. The smallest absolute Gasteiger partial charge is 0.224 e. The number of amides is 1. The van der Waals surface area contributed by atoms with Gasteiger partial charge in [0.15, 0.2) is 0 Å². The van der Waals surface area contributed by atoms with Crippen molar-refractivity contribution in [3.05, 3.63) is 53.5 Å². The van der Waals surface area contributed by atoms with Gasteiger partial charge in [-0.1, -0.05) is 18.2 Å². The summed E-state index contributed by atoms with van der Waals surface area (Å²) in [5, 5.41) is 0. The van der Waals surface area contributed by atoms with Gasteiger partial charge in [0, 0.05) is 18.2 Å². The number of rotatable bonds is 3. The third-order valence-electron chi connectivity index (χ3n) is 3.40. The van der Waals surface area contributed by atoms with Crippen LogP contribution in [0.4, 0.5) is 5.69 Å². The number of carbonyl (C=O) groups is 1. The summed E-state index contributed by atoms with van der Waals surface area (Å²) in [7, 11) is 0. The predicted octanol–water partition coefficient (Wildman–Crippen LogP) is 4.01. The molecule has 1 heterocycles. The monoisotopic (exact) mass is 257 g/mol. The van der Waals surface area contributed by atoms with Gasteiger partial charge in [0.2, 0.25) is 5.91 Å². The summed E-state index contributed by atoms with van der Waals surface area (Å²) in [6.07, 6.45) is 1.74. The molecule has 0 N–H and O–H groups in total. The van der Waals surface area contributed by atoms with E-state index in [0.29, 0.717) is 0 Å². The maximum atomic E-state index is 12.0. The quantitative estimate of drug-likeness (QED) is 0.832. The van der Waals surface area contributed by atoms with Crippen LogP contribution in [0.25, 0.3) is 0 Å². The largest absolute Gasteiger partial charge is 0.469 e. The molecule has 0 saturated carbocycles. The van der Waals surface area contributed by atoms with Crippen molar-refractivity contribution < 1.29 is 9.21 Å². The molecule has 19 heavy (non-hydrogen) atoms. The molecule has 0 spiro atoms. The van der Waals surface area contributed by atoms with Crippen LogP contribution in [0.2, 0.25) is 0 Å². The number of benzene rings is 1. The van der Waals surface area contributed by atoms with E-state index >= 15 is 0 Å². The number of aryl methyl sites for hydroxylation is 2. The van der Waals surface area contributed by atoms with Crippen LogP contribution in [-0.2, 0) is 4.79 Å². The van der Waals surface area contributed by atoms with Gasteiger partial charge < -0.3 is 9.32 Å². The van der Waals surface area contributed by atoms with E-state index in [0.717, 1.165) is 22.6 Å². The molecule has 0 radical (unpaired) electrons. The molecule has 3 nitrogen and oxygen atoms in total. The van der Waals surface area contributed by atoms with Gasteiger partial charge in [-0.25, -0.2) is 0 Å². The summed E-state index contributed by atoms with van der Waals surface area (Å²) < 4.78 is 5.44. The number of carbonyl (C=O) groups excluding carboxylic acids is 1. The molecular formula is C16H19NO2. The molecule has 0 aliphatic carbocycles. The van der Waals surface area contributed by atoms with E-state index in [1.165, 1.54) is 0 Å². The van der Waals surface area contributed by atoms with E-state index in [1.54, 1.807) is 18.1 Å². The molecule has 3 heteroatoms. The van der Waals surface area contributed by atoms with E-state index in [9.17, 15) is 4.79 Å². The minimum Gasteiger partial charge on any atom is -0.469 e. The fourth-order valence-electron chi connectivity index (χ4n) is 2.60. The second-order valence-corrected chi connectivity index (χ2v) is 4.79. The first-order valence-corrected chi connectivity index (χ1v) is 6.41. The molecular weight excluding hydrogens is 238 g/mol. The van der Waals surface area contributed by atoms with Crippen LogP contribution in [0.1, 0.15) is 36.8 Å². The van der Waals surface area contributed by atoms with Crippen LogP contribution in [-0.4, -0.2) is 5.91 Å². The number of hydrogen-bond donors (Lipinski definition) is 0. The Labute approximate surface area is 113 Å². The molecule has 2 aromatic rings. The minimum absolute atomic E-state index is 0.0266. The van der Waals surface area contributed by atoms with Gasteiger partial charge in [-0.2, -0.15) is 0 Å². The molecule has 1 aromatic carbocycles. The average Bonchev–Trinajstić information content (AvgIpc) is 2.70. The van der Waals surface area contributed by atoms with Crippen molar-refractivity contribution >= 4 is 11.6 Å². The number of nitrogens with zero attached hydrogens (tertiary/aromatic N) is 1. The predicted molar refractivity (Wildman–Crippen MR) is 76.2 cm³/mol. The van der Waals surface area contributed by atoms with Crippen LogP contribution < -0.4 is 4.90 Å². The van der Waals surface area contributed by atoms with Gasteiger partial charge in [-0.05, 0) is 38.5 Å². The first-order chi connectivity index (χ1) is 9.02. The molecule has 1 aromatic heterocycles. The Kier molecular flexibility index (Phi) is 3.74. The van der Waals surface area contributed by atoms with E-state index in [1.807, 2.05) is 51.1 Å². The molecule has 1 amide bonds. The second-order valence-electron chi connectivity index (χ2n) is 4.79. The summed E-state index contributed by atoms with van der Waals surface area (Å²) in [4.78, 5) is 13.8. The van der Waals surface area contributed by atoms with Crippen LogP contribution in [0.15, 0.2) is 41.0 Å². The lowest BCUT2D eigenvalue weighted by molar-refractivity contribution is -0.117. The average molecular weight is 257 g/mol. The molecule has 0 bridgehead atoms. The van der Waals surface area contributed by atoms with Gasteiger partial charge in [-0.3, -0.25) is 4.79 Å². The Bertz CT molecular complexity index is 552. The molecule has 0 aliphatic heterocycles. The molecule has 1 unspecified atom stereocenters. The summed E-state index contributed by atoms with van der Waals surface area (Å²) in [5.41, 5.74) is 3.06. The second kappa shape index (κ2) is 5.31. The number of para-hydroxylation sites is 1. The van der Waals surface area contributed by atoms with Crippen molar-refractivity contribution in [2.45, 2.75) is 33.7 Å². The number of hydrogen-bond acceptors (Lipinski definition) is 2. The van der Waals surface area contributed by atoms with Crippen LogP contribution in [0.5, 0.6) is 0 Å². The summed E-state index contributed by atoms with van der Waals surface area (Å²) >= 11 is 0. The summed E-state index contributed by atoms with van der Waals surface area (Å²) in [5.74, 6) is 0.894. The van der Waals surface area contributed by atoms with Gasteiger partial charge in [-0.15, -0.1) is 0 Å². The number of furan rings is 1. The highest BCUT2D eigenvalue weighted by Crippen LogP contribution is 2.31. The molecule has 0 fully saturated rings. The Hall–Kier alpha value is -2.03. The third kappa shape index (κ3) is 2.55. The highest BCUT2D eigenvalue weighted by molar-refractivity contribution is 5.92. The molecule has 0 saturated heterocycles. The summed E-state index contributed by atoms with van der Waals surface area (Å²) in [6, 6.07) is 9.67. The number of anilines is 1. The lowest BCUT2D eigenvalue weighted by Crippen LogP contribution is -2.31. The zero-order valence-electron chi connectivity index (χ0n) is 11.8. The van der Waals surface area contributed by atoms with Crippen molar-refractivity contribution in [1.82, 2.24) is 0 Å². The molecule has 100 valence electrons. The Balaban J connectivity index is 2.44. The maximum Gasteiger partial charge on any atom is 0.224 e. The minimum atomic E-state index is -0.0429. The van der Waals surface area contributed by atoms with E-state index in [2.05, 4.69) is 0 Å². The highest BCUT2D eigenvalue weighted by Gasteiger charge is 2.24. The lowest BCUT2D eigenvalue weighted by atomic mass is 10.0.